The smallest absolute Gasteiger partial charge is 0.262 e. The van der Waals surface area contributed by atoms with Gasteiger partial charge in [-0.15, -0.1) is 0 Å². The number of piperidine rings is 3. The lowest BCUT2D eigenvalue weighted by Crippen LogP contribution is -2.54. The minimum Gasteiger partial charge on any atom is -0.482 e. The fourth-order valence-corrected chi connectivity index (χ4v) is 9.46. The van der Waals surface area contributed by atoms with E-state index in [2.05, 4.69) is 29.8 Å². The number of ether oxygens (including phenoxy) is 1. The number of imidazole rings is 1. The van der Waals surface area contributed by atoms with Crippen LogP contribution in [0.25, 0.3) is 22.5 Å². The molecule has 4 amide bonds. The number of benzene rings is 2. The molecule has 2 atom stereocenters. The maximum Gasteiger partial charge on any atom is 0.262 e. The number of anilines is 2. The molecular formula is C45H49FN10O5. The molecule has 5 aromatic rings. The minimum absolute atomic E-state index is 0.0876. The Morgan fingerprint density at radius 2 is 1.66 bits per heavy atom. The Labute approximate surface area is 352 Å². The third-order valence-electron chi connectivity index (χ3n) is 12.7. The molecule has 0 spiro atoms. The van der Waals surface area contributed by atoms with Crippen molar-refractivity contribution in [3.8, 4) is 28.3 Å². The highest BCUT2D eigenvalue weighted by molar-refractivity contribution is 6.23. The van der Waals surface area contributed by atoms with E-state index in [0.717, 1.165) is 97.2 Å². The van der Waals surface area contributed by atoms with Crippen LogP contribution in [0.3, 0.4) is 0 Å². The maximum atomic E-state index is 14.5. The van der Waals surface area contributed by atoms with Gasteiger partial charge in [-0.3, -0.25) is 34.1 Å². The van der Waals surface area contributed by atoms with Crippen LogP contribution < -0.4 is 20.7 Å². The number of hydrogen-bond acceptors (Lipinski definition) is 11. The number of carbonyl (C=O) groups is 4. The van der Waals surface area contributed by atoms with Crippen molar-refractivity contribution >= 4 is 35.1 Å². The van der Waals surface area contributed by atoms with E-state index in [0.29, 0.717) is 28.4 Å². The molecule has 16 heteroatoms. The van der Waals surface area contributed by atoms with Gasteiger partial charge in [0.15, 0.2) is 11.6 Å². The molecule has 0 saturated carbocycles. The molecule has 15 nitrogen and oxygen atoms in total. The number of hydrogen-bond donors (Lipinski definition) is 2. The van der Waals surface area contributed by atoms with Crippen LogP contribution in [0.4, 0.5) is 15.9 Å². The van der Waals surface area contributed by atoms with Crippen molar-refractivity contribution in [2.24, 2.45) is 13.0 Å². The molecule has 3 aromatic heterocycles. The molecule has 9 rings (SSSR count). The first-order chi connectivity index (χ1) is 29.4. The van der Waals surface area contributed by atoms with Gasteiger partial charge in [-0.2, -0.15) is 5.10 Å². The molecule has 3 N–H and O–H groups in total. The summed E-state index contributed by atoms with van der Waals surface area (Å²) in [6, 6.07) is 13.0. The number of nitrogens with zero attached hydrogens (tertiary/aromatic N) is 8. The number of aromatic nitrogens is 5. The molecule has 3 fully saturated rings. The average molecular weight is 829 g/mol. The van der Waals surface area contributed by atoms with Crippen LogP contribution in [-0.4, -0.2) is 96.5 Å². The van der Waals surface area contributed by atoms with Gasteiger partial charge in [-0.1, -0.05) is 0 Å². The highest BCUT2D eigenvalue weighted by Gasteiger charge is 2.45. The summed E-state index contributed by atoms with van der Waals surface area (Å²) in [6.07, 6.45) is 9.15. The average Bonchev–Trinajstić information content (AvgIpc) is 3.93. The van der Waals surface area contributed by atoms with Crippen molar-refractivity contribution in [3.63, 3.8) is 0 Å². The summed E-state index contributed by atoms with van der Waals surface area (Å²) >= 11 is 0. The van der Waals surface area contributed by atoms with Gasteiger partial charge in [0, 0.05) is 87.0 Å². The highest BCUT2D eigenvalue weighted by atomic mass is 19.1. The van der Waals surface area contributed by atoms with Gasteiger partial charge in [0.05, 0.1) is 34.5 Å². The Bertz CT molecular complexity index is 2540. The summed E-state index contributed by atoms with van der Waals surface area (Å²) in [6.45, 7) is 8.48. The summed E-state index contributed by atoms with van der Waals surface area (Å²) < 4.78 is 24.9. The molecule has 4 aliphatic heterocycles. The maximum absolute atomic E-state index is 14.5. The number of likely N-dealkylation sites (tertiary alicyclic amines) is 1. The number of rotatable bonds is 10. The number of fused-ring (bicyclic) bond motifs is 1. The molecule has 4 aliphatic rings. The Balaban J connectivity index is 0.807. The molecule has 2 aromatic carbocycles. The first-order valence-electron chi connectivity index (χ1n) is 21.0. The van der Waals surface area contributed by atoms with E-state index >= 15 is 0 Å². The summed E-state index contributed by atoms with van der Waals surface area (Å²) in [5.41, 5.74) is 12.7. The Hall–Kier alpha value is -6.42. The van der Waals surface area contributed by atoms with Crippen LogP contribution in [0.2, 0.25) is 0 Å². The van der Waals surface area contributed by atoms with Crippen molar-refractivity contribution in [2.75, 3.05) is 43.4 Å². The van der Waals surface area contributed by atoms with Gasteiger partial charge in [0.25, 0.3) is 11.8 Å². The van der Waals surface area contributed by atoms with Crippen LogP contribution in [-0.2, 0) is 16.6 Å². The SMILES string of the molecule is Cc1ncn(C2CCN(CC3CCN(c4ccc5c(c4)C(=O)N(C4CCC(=O)NC4=O)C5=O)CC3)CC2)c1-c1cnc(N)c(O[C@H](C)c2cc(F)ccc2-c2ccn(C)n2)c1. The van der Waals surface area contributed by atoms with E-state index in [1.807, 2.05) is 51.6 Å². The Morgan fingerprint density at radius 1 is 0.902 bits per heavy atom. The number of imide groups is 2. The van der Waals surface area contributed by atoms with E-state index in [9.17, 15) is 23.6 Å². The number of amides is 4. The van der Waals surface area contributed by atoms with Gasteiger partial charge in [-0.05, 0) is 100 Å². The van der Waals surface area contributed by atoms with Crippen LogP contribution in [0.5, 0.6) is 5.75 Å². The third-order valence-corrected chi connectivity index (χ3v) is 12.7. The zero-order valence-electron chi connectivity index (χ0n) is 34.5. The van der Waals surface area contributed by atoms with E-state index in [1.165, 1.54) is 12.1 Å². The monoisotopic (exact) mass is 828 g/mol. The molecule has 3 saturated heterocycles. The lowest BCUT2D eigenvalue weighted by molar-refractivity contribution is -0.136. The summed E-state index contributed by atoms with van der Waals surface area (Å²) in [5.74, 6) is -1.16. The van der Waals surface area contributed by atoms with Gasteiger partial charge in [0.2, 0.25) is 11.8 Å². The van der Waals surface area contributed by atoms with Crippen molar-refractivity contribution < 1.29 is 28.3 Å². The largest absolute Gasteiger partial charge is 0.482 e. The molecule has 7 heterocycles. The number of nitrogen functional groups attached to an aromatic ring is 1. The fourth-order valence-electron chi connectivity index (χ4n) is 9.46. The predicted octanol–water partition coefficient (Wildman–Crippen LogP) is 5.47. The first-order valence-corrected chi connectivity index (χ1v) is 21.0. The molecule has 316 valence electrons. The standard InChI is InChI=1S/C45H49FN10O5/c1-26-41(29-20-39(42(47)48-23-29)61-27(2)35-21-30(46)4-6-33(35)37-14-15-52(3)51-37)55(25-49-26)31-12-16-53(17-13-31)24-28-10-18-54(19-11-28)32-5-7-34-36(22-32)45(60)56(44(34)59)38-8-9-40(57)50-43(38)58/h4-7,14-15,20-23,25,27-28,31,38H,8-13,16-19,24H2,1-3H3,(H2,47,48)(H,50,57,58)/t27-,38?/m1/s1. The van der Waals surface area contributed by atoms with Crippen LogP contribution >= 0.6 is 0 Å². The molecule has 0 radical (unpaired) electrons. The van der Waals surface area contributed by atoms with E-state index in [4.69, 9.17) is 15.5 Å². The first kappa shape index (κ1) is 40.0. The van der Waals surface area contributed by atoms with Gasteiger partial charge in [0.1, 0.15) is 18.0 Å². The summed E-state index contributed by atoms with van der Waals surface area (Å²) in [7, 11) is 1.84. The quantitative estimate of drug-likeness (QED) is 0.171. The van der Waals surface area contributed by atoms with E-state index < -0.39 is 35.8 Å². The predicted molar refractivity (Wildman–Crippen MR) is 225 cm³/mol. The zero-order valence-corrected chi connectivity index (χ0v) is 34.5. The normalized spacial score (nSPS) is 19.7. The number of carbonyl (C=O) groups excluding carboxylic acids is 4. The van der Waals surface area contributed by atoms with Crippen molar-refractivity contribution in [3.05, 3.63) is 95.5 Å². The van der Waals surface area contributed by atoms with Crippen LogP contribution in [0.15, 0.2) is 67.3 Å². The lowest BCUT2D eigenvalue weighted by atomic mass is 9.94. The van der Waals surface area contributed by atoms with Crippen LogP contribution in [0.1, 0.15) is 89.6 Å². The highest BCUT2D eigenvalue weighted by Crippen LogP contribution is 2.38. The topological polar surface area (TPSA) is 174 Å². The molecule has 0 aliphatic carbocycles. The fraction of sp³-hybridized carbons (Fsp3) is 0.400. The number of aryl methyl sites for hydroxylation is 2. The van der Waals surface area contributed by atoms with E-state index in [1.54, 1.807) is 29.1 Å². The summed E-state index contributed by atoms with van der Waals surface area (Å²) in [4.78, 5) is 65.8. The molecular weight excluding hydrogens is 780 g/mol. The lowest BCUT2D eigenvalue weighted by Gasteiger charge is -2.39. The van der Waals surface area contributed by atoms with Crippen molar-refractivity contribution in [2.45, 2.75) is 70.6 Å². The zero-order chi connectivity index (χ0) is 42.5. The number of pyridine rings is 1. The second-order valence-electron chi connectivity index (χ2n) is 16.7. The van der Waals surface area contributed by atoms with Gasteiger partial charge in [-0.25, -0.2) is 14.4 Å². The Kier molecular flexibility index (Phi) is 10.6. The second-order valence-corrected chi connectivity index (χ2v) is 16.7. The number of halogens is 1. The van der Waals surface area contributed by atoms with Crippen molar-refractivity contribution in [1.29, 1.82) is 0 Å². The minimum atomic E-state index is -0.979. The van der Waals surface area contributed by atoms with E-state index in [-0.39, 0.29) is 30.5 Å². The molecule has 0 bridgehead atoms. The Morgan fingerprint density at radius 3 is 2.39 bits per heavy atom. The molecule has 61 heavy (non-hydrogen) atoms. The number of nitrogens with one attached hydrogen (secondary N) is 1. The molecule has 1 unspecified atom stereocenters. The van der Waals surface area contributed by atoms with Crippen LogP contribution in [0, 0.1) is 18.7 Å². The summed E-state index contributed by atoms with van der Waals surface area (Å²) in [5, 5.41) is 6.77. The van der Waals surface area contributed by atoms with Gasteiger partial charge < -0.3 is 24.8 Å². The number of nitrogens with two attached hydrogens (primary N) is 1. The third kappa shape index (κ3) is 7.75. The van der Waals surface area contributed by atoms with Crippen molar-refractivity contribution in [1.82, 2.24) is 39.4 Å². The second kappa shape index (κ2) is 16.2. The van der Waals surface area contributed by atoms with Gasteiger partial charge >= 0.3 is 0 Å².